The molecular formula is C25H26Si. The van der Waals surface area contributed by atoms with E-state index in [0.717, 1.165) is 12.8 Å². The van der Waals surface area contributed by atoms with E-state index in [-0.39, 0.29) is 0 Å². The summed E-state index contributed by atoms with van der Waals surface area (Å²) in [6.07, 6.45) is 17.6. The molecule has 0 aromatic heterocycles. The summed E-state index contributed by atoms with van der Waals surface area (Å²) in [6.45, 7) is 6.28. The Hall–Kier alpha value is -2.64. The van der Waals surface area contributed by atoms with Crippen LogP contribution in [0.15, 0.2) is 120 Å². The van der Waals surface area contributed by atoms with Crippen molar-refractivity contribution in [1.82, 2.24) is 0 Å². The first-order chi connectivity index (χ1) is 12.8. The zero-order valence-electron chi connectivity index (χ0n) is 15.4. The molecule has 0 N–H and O–H groups in total. The summed E-state index contributed by atoms with van der Waals surface area (Å²) < 4.78 is 0. The van der Waals surface area contributed by atoms with Gasteiger partial charge in [-0.25, -0.2) is 0 Å². The average molecular weight is 355 g/mol. The van der Waals surface area contributed by atoms with Gasteiger partial charge in [0.15, 0.2) is 8.07 Å². The Balaban J connectivity index is 2.40. The second kappa shape index (κ2) is 8.64. The van der Waals surface area contributed by atoms with Gasteiger partial charge >= 0.3 is 0 Å². The molecule has 1 aliphatic rings. The second-order valence-electron chi connectivity index (χ2n) is 6.49. The molecule has 0 unspecified atom stereocenters. The van der Waals surface area contributed by atoms with Gasteiger partial charge in [-0.1, -0.05) is 115 Å². The van der Waals surface area contributed by atoms with Gasteiger partial charge in [0.05, 0.1) is 0 Å². The first-order valence-corrected chi connectivity index (χ1v) is 11.3. The van der Waals surface area contributed by atoms with Crippen molar-refractivity contribution in [1.29, 1.82) is 0 Å². The van der Waals surface area contributed by atoms with Crippen LogP contribution in [0.2, 0.25) is 0 Å². The van der Waals surface area contributed by atoms with Crippen molar-refractivity contribution >= 4 is 18.4 Å². The topological polar surface area (TPSA) is 0 Å². The molecule has 26 heavy (non-hydrogen) atoms. The van der Waals surface area contributed by atoms with Crippen molar-refractivity contribution in [2.75, 3.05) is 0 Å². The number of benzene rings is 2. The van der Waals surface area contributed by atoms with Crippen LogP contribution in [0.5, 0.6) is 0 Å². The highest BCUT2D eigenvalue weighted by molar-refractivity contribution is 7.12. The molecule has 0 saturated heterocycles. The lowest BCUT2D eigenvalue weighted by Crippen LogP contribution is -2.61. The standard InChI is InChI=1S/C25H26Si/c1-3-5-15-22(4-2)26(23-16-9-6-10-17-23,24-18-11-7-12-19-24)25-20-13-8-14-21-25/h3-13,15-20H,2,14,21H2,1H3/b5-3-,22-15+. The molecule has 0 atom stereocenters. The van der Waals surface area contributed by atoms with Crippen molar-refractivity contribution < 1.29 is 0 Å². The number of rotatable bonds is 6. The molecule has 2 aromatic rings. The molecule has 0 fully saturated rings. The molecule has 130 valence electrons. The van der Waals surface area contributed by atoms with E-state index in [1.807, 2.05) is 0 Å². The van der Waals surface area contributed by atoms with E-state index in [1.165, 1.54) is 15.6 Å². The van der Waals surface area contributed by atoms with Crippen LogP contribution in [0.1, 0.15) is 19.8 Å². The van der Waals surface area contributed by atoms with Crippen LogP contribution in [0.25, 0.3) is 0 Å². The van der Waals surface area contributed by atoms with Crippen LogP contribution in [0.3, 0.4) is 0 Å². The molecule has 1 aliphatic carbocycles. The smallest absolute Gasteiger partial charge is 0.0991 e. The van der Waals surface area contributed by atoms with Crippen molar-refractivity contribution in [3.63, 3.8) is 0 Å². The molecule has 0 amide bonds. The Bertz CT molecular complexity index is 812. The van der Waals surface area contributed by atoms with Crippen molar-refractivity contribution in [2.45, 2.75) is 19.8 Å². The molecule has 3 rings (SSSR count). The number of hydrogen-bond acceptors (Lipinski definition) is 0. The Kier molecular flexibility index (Phi) is 6.03. The molecule has 0 radical (unpaired) electrons. The largest absolute Gasteiger partial charge is 0.175 e. The van der Waals surface area contributed by atoms with E-state index in [0.29, 0.717) is 0 Å². The van der Waals surface area contributed by atoms with Crippen molar-refractivity contribution in [2.24, 2.45) is 0 Å². The lowest BCUT2D eigenvalue weighted by molar-refractivity contribution is 1.01. The van der Waals surface area contributed by atoms with Crippen molar-refractivity contribution in [3.05, 3.63) is 120 Å². The molecule has 0 spiro atoms. The predicted molar refractivity (Wildman–Crippen MR) is 117 cm³/mol. The number of hydrogen-bond donors (Lipinski definition) is 0. The Labute approximate surface area is 158 Å². The third kappa shape index (κ3) is 3.36. The van der Waals surface area contributed by atoms with Gasteiger partial charge < -0.3 is 0 Å². The summed E-state index contributed by atoms with van der Waals surface area (Å²) in [5.41, 5.74) is 0. The molecule has 0 nitrogen and oxygen atoms in total. The summed E-state index contributed by atoms with van der Waals surface area (Å²) in [7, 11) is -2.31. The van der Waals surface area contributed by atoms with E-state index in [1.54, 1.807) is 5.20 Å². The molecular weight excluding hydrogens is 328 g/mol. The third-order valence-corrected chi connectivity index (χ3v) is 10.0. The lowest BCUT2D eigenvalue weighted by atomic mass is 10.2. The maximum Gasteiger partial charge on any atom is 0.175 e. The molecule has 1 heteroatoms. The molecule has 0 saturated carbocycles. The van der Waals surface area contributed by atoms with Gasteiger partial charge in [-0.05, 0) is 35.3 Å². The molecule has 2 aromatic carbocycles. The Morgan fingerprint density at radius 1 is 0.962 bits per heavy atom. The van der Waals surface area contributed by atoms with E-state index in [4.69, 9.17) is 0 Å². The van der Waals surface area contributed by atoms with Gasteiger partial charge in [0.1, 0.15) is 0 Å². The summed E-state index contributed by atoms with van der Waals surface area (Å²) in [4.78, 5) is 0. The highest BCUT2D eigenvalue weighted by atomic mass is 28.3. The van der Waals surface area contributed by atoms with Gasteiger partial charge in [0.2, 0.25) is 0 Å². The first-order valence-electron chi connectivity index (χ1n) is 9.27. The zero-order valence-corrected chi connectivity index (χ0v) is 16.4. The minimum atomic E-state index is -2.31. The highest BCUT2D eigenvalue weighted by Gasteiger charge is 2.43. The van der Waals surface area contributed by atoms with Crippen LogP contribution >= 0.6 is 0 Å². The van der Waals surface area contributed by atoms with Crippen LogP contribution in [0, 0.1) is 0 Å². The van der Waals surface area contributed by atoms with Crippen molar-refractivity contribution in [3.8, 4) is 0 Å². The van der Waals surface area contributed by atoms with Gasteiger partial charge in [0, 0.05) is 0 Å². The SMILES string of the molecule is C=C/C(=C\C=C/C)[Si](C1=CC=CCC1)(c1ccccc1)c1ccccc1. The zero-order chi connectivity index (χ0) is 18.2. The van der Waals surface area contributed by atoms with Gasteiger partial charge in [-0.15, -0.1) is 0 Å². The lowest BCUT2D eigenvalue weighted by Gasteiger charge is -2.37. The molecule has 0 aliphatic heterocycles. The minimum Gasteiger partial charge on any atom is -0.0991 e. The first kappa shape index (κ1) is 18.2. The van der Waals surface area contributed by atoms with Crippen LogP contribution in [-0.2, 0) is 0 Å². The third-order valence-electron chi connectivity index (χ3n) is 5.03. The van der Waals surface area contributed by atoms with E-state index in [2.05, 4.69) is 117 Å². The van der Waals surface area contributed by atoms with Gasteiger partial charge in [-0.2, -0.15) is 0 Å². The van der Waals surface area contributed by atoms with E-state index < -0.39 is 8.07 Å². The summed E-state index contributed by atoms with van der Waals surface area (Å²) in [5.74, 6) is 0. The van der Waals surface area contributed by atoms with Gasteiger partial charge in [0.25, 0.3) is 0 Å². The number of allylic oxidation sites excluding steroid dienone is 9. The predicted octanol–water partition coefficient (Wildman–Crippen LogP) is 5.29. The fourth-order valence-electron chi connectivity index (χ4n) is 3.89. The van der Waals surface area contributed by atoms with Crippen LogP contribution in [0.4, 0.5) is 0 Å². The summed E-state index contributed by atoms with van der Waals surface area (Å²) in [6, 6.07) is 22.0. The average Bonchev–Trinajstić information content (AvgIpc) is 2.73. The van der Waals surface area contributed by atoms with E-state index in [9.17, 15) is 0 Å². The maximum absolute atomic E-state index is 4.21. The quantitative estimate of drug-likeness (QED) is 0.488. The highest BCUT2D eigenvalue weighted by Crippen LogP contribution is 2.30. The maximum atomic E-state index is 4.21. The summed E-state index contributed by atoms with van der Waals surface area (Å²) in [5, 5.41) is 5.73. The molecule has 0 bridgehead atoms. The van der Waals surface area contributed by atoms with Crippen LogP contribution < -0.4 is 10.4 Å². The Morgan fingerprint density at radius 2 is 1.58 bits per heavy atom. The van der Waals surface area contributed by atoms with E-state index >= 15 is 0 Å². The summed E-state index contributed by atoms with van der Waals surface area (Å²) >= 11 is 0. The fraction of sp³-hybridized carbons (Fsp3) is 0.120. The monoisotopic (exact) mass is 354 g/mol. The minimum absolute atomic E-state index is 1.10. The second-order valence-corrected chi connectivity index (χ2v) is 10.4. The Morgan fingerprint density at radius 3 is 2.04 bits per heavy atom. The normalized spacial score (nSPS) is 15.1. The van der Waals surface area contributed by atoms with Gasteiger partial charge in [-0.3, -0.25) is 0 Å². The van der Waals surface area contributed by atoms with Crippen LogP contribution in [-0.4, -0.2) is 8.07 Å². The molecule has 0 heterocycles. The fourth-order valence-corrected chi connectivity index (χ4v) is 8.91.